The number of imide groups is 1. The summed E-state index contributed by atoms with van der Waals surface area (Å²) in [5, 5.41) is 5.66. The van der Waals surface area contributed by atoms with Crippen molar-refractivity contribution in [2.24, 2.45) is 0 Å². The van der Waals surface area contributed by atoms with Crippen molar-refractivity contribution >= 4 is 35.0 Å². The fraction of sp³-hybridized carbons (Fsp3) is 0.238. The highest BCUT2D eigenvalue weighted by molar-refractivity contribution is 6.20. The number of hydrogen-bond donors (Lipinski definition) is 2. The molecular weight excluding hydrogens is 358 g/mol. The number of carbonyl (C=O) groups excluding carboxylic acids is 4. The van der Waals surface area contributed by atoms with Gasteiger partial charge in [0.15, 0.2) is 0 Å². The van der Waals surface area contributed by atoms with E-state index in [1.54, 1.807) is 42.5 Å². The second-order valence-corrected chi connectivity index (χ2v) is 6.92. The Balaban J connectivity index is 1.55. The number of benzene rings is 2. The SMILES string of the molecule is O=C(Nc1ccccc1C(=O)NC1CC1)c1cccc(N2C(=O)CCC2=O)c1. The Morgan fingerprint density at radius 3 is 2.32 bits per heavy atom. The van der Waals surface area contributed by atoms with Crippen molar-refractivity contribution < 1.29 is 19.2 Å². The predicted octanol–water partition coefficient (Wildman–Crippen LogP) is 2.48. The van der Waals surface area contributed by atoms with E-state index in [2.05, 4.69) is 10.6 Å². The van der Waals surface area contributed by atoms with Gasteiger partial charge in [0.25, 0.3) is 11.8 Å². The average molecular weight is 377 g/mol. The molecule has 2 fully saturated rings. The number of nitrogens with zero attached hydrogens (tertiary/aromatic N) is 1. The van der Waals surface area contributed by atoms with Crippen LogP contribution in [0.15, 0.2) is 48.5 Å². The topological polar surface area (TPSA) is 95.6 Å². The molecule has 0 radical (unpaired) electrons. The van der Waals surface area contributed by atoms with E-state index in [-0.39, 0.29) is 36.6 Å². The van der Waals surface area contributed by atoms with Gasteiger partial charge in [-0.2, -0.15) is 0 Å². The van der Waals surface area contributed by atoms with Gasteiger partial charge in [0.05, 0.1) is 16.9 Å². The van der Waals surface area contributed by atoms with Gasteiger partial charge < -0.3 is 10.6 Å². The molecule has 0 bridgehead atoms. The first kappa shape index (κ1) is 17.9. The quantitative estimate of drug-likeness (QED) is 0.783. The molecule has 1 saturated carbocycles. The number of anilines is 2. The molecule has 0 atom stereocenters. The summed E-state index contributed by atoms with van der Waals surface area (Å²) < 4.78 is 0. The molecule has 1 saturated heterocycles. The zero-order valence-electron chi connectivity index (χ0n) is 15.1. The van der Waals surface area contributed by atoms with Crippen LogP contribution in [-0.4, -0.2) is 29.7 Å². The minimum Gasteiger partial charge on any atom is -0.349 e. The molecule has 1 aliphatic heterocycles. The van der Waals surface area contributed by atoms with Gasteiger partial charge in [-0.15, -0.1) is 0 Å². The highest BCUT2D eigenvalue weighted by Crippen LogP contribution is 2.25. The summed E-state index contributed by atoms with van der Waals surface area (Å²) in [6.45, 7) is 0. The lowest BCUT2D eigenvalue weighted by atomic mass is 10.1. The first-order valence-electron chi connectivity index (χ1n) is 9.20. The Kier molecular flexibility index (Phi) is 4.65. The summed E-state index contributed by atoms with van der Waals surface area (Å²) in [4.78, 5) is 50.1. The maximum Gasteiger partial charge on any atom is 0.255 e. The van der Waals surface area contributed by atoms with E-state index in [1.807, 2.05) is 0 Å². The summed E-state index contributed by atoms with van der Waals surface area (Å²) in [6, 6.07) is 13.3. The van der Waals surface area contributed by atoms with Gasteiger partial charge in [-0.05, 0) is 43.2 Å². The van der Waals surface area contributed by atoms with Gasteiger partial charge in [0, 0.05) is 24.4 Å². The lowest BCUT2D eigenvalue weighted by molar-refractivity contribution is -0.121. The Morgan fingerprint density at radius 1 is 0.893 bits per heavy atom. The summed E-state index contributed by atoms with van der Waals surface area (Å²) in [7, 11) is 0. The second-order valence-electron chi connectivity index (χ2n) is 6.92. The summed E-state index contributed by atoms with van der Waals surface area (Å²) in [6.07, 6.45) is 2.31. The van der Waals surface area contributed by atoms with Crippen molar-refractivity contribution in [3.05, 3.63) is 59.7 Å². The van der Waals surface area contributed by atoms with Crippen LogP contribution in [0.4, 0.5) is 11.4 Å². The lowest BCUT2D eigenvalue weighted by Crippen LogP contribution is -2.29. The van der Waals surface area contributed by atoms with Gasteiger partial charge in [-0.1, -0.05) is 18.2 Å². The maximum absolute atomic E-state index is 12.7. The third-order valence-corrected chi connectivity index (χ3v) is 4.75. The molecule has 4 amide bonds. The number of carbonyl (C=O) groups is 4. The van der Waals surface area contributed by atoms with Crippen LogP contribution in [0, 0.1) is 0 Å². The Labute approximate surface area is 161 Å². The molecule has 2 aliphatic rings. The monoisotopic (exact) mass is 377 g/mol. The number of amides is 4. The molecular formula is C21H19N3O4. The molecule has 1 heterocycles. The molecule has 1 aliphatic carbocycles. The van der Waals surface area contributed by atoms with Gasteiger partial charge in [0.2, 0.25) is 11.8 Å². The molecule has 7 heteroatoms. The van der Waals surface area contributed by atoms with E-state index in [0.717, 1.165) is 17.7 Å². The highest BCUT2D eigenvalue weighted by Gasteiger charge is 2.30. The van der Waals surface area contributed by atoms with Crippen molar-refractivity contribution in [3.63, 3.8) is 0 Å². The van der Waals surface area contributed by atoms with Gasteiger partial charge >= 0.3 is 0 Å². The van der Waals surface area contributed by atoms with Crippen molar-refractivity contribution in [1.29, 1.82) is 0 Å². The fourth-order valence-corrected chi connectivity index (χ4v) is 3.13. The summed E-state index contributed by atoms with van der Waals surface area (Å²) in [5.74, 6) is -1.19. The first-order valence-corrected chi connectivity index (χ1v) is 9.20. The number of rotatable bonds is 5. The van der Waals surface area contributed by atoms with Crippen LogP contribution in [0.5, 0.6) is 0 Å². The van der Waals surface area contributed by atoms with Crippen LogP contribution in [0.2, 0.25) is 0 Å². The minimum atomic E-state index is -0.424. The van der Waals surface area contributed by atoms with Crippen LogP contribution in [0.3, 0.4) is 0 Å². The number of nitrogens with one attached hydrogen (secondary N) is 2. The Hall–Kier alpha value is -3.48. The normalized spacial score (nSPS) is 16.2. The number of para-hydroxylation sites is 1. The molecule has 2 aromatic rings. The van der Waals surface area contributed by atoms with E-state index in [0.29, 0.717) is 22.5 Å². The predicted molar refractivity (Wildman–Crippen MR) is 103 cm³/mol. The van der Waals surface area contributed by atoms with Crippen molar-refractivity contribution in [1.82, 2.24) is 5.32 Å². The molecule has 28 heavy (non-hydrogen) atoms. The van der Waals surface area contributed by atoms with Crippen molar-refractivity contribution in [2.45, 2.75) is 31.7 Å². The van der Waals surface area contributed by atoms with E-state index in [9.17, 15) is 19.2 Å². The molecule has 0 aromatic heterocycles. The van der Waals surface area contributed by atoms with Crippen molar-refractivity contribution in [3.8, 4) is 0 Å². The molecule has 4 rings (SSSR count). The molecule has 2 N–H and O–H groups in total. The third-order valence-electron chi connectivity index (χ3n) is 4.75. The van der Waals surface area contributed by atoms with Gasteiger partial charge in [-0.25, -0.2) is 0 Å². The zero-order valence-corrected chi connectivity index (χ0v) is 15.1. The van der Waals surface area contributed by atoms with E-state index in [4.69, 9.17) is 0 Å². The molecule has 0 unspecified atom stereocenters. The van der Waals surface area contributed by atoms with Crippen LogP contribution < -0.4 is 15.5 Å². The van der Waals surface area contributed by atoms with Gasteiger partial charge in [-0.3, -0.25) is 24.1 Å². The van der Waals surface area contributed by atoms with E-state index < -0.39 is 5.91 Å². The lowest BCUT2D eigenvalue weighted by Gasteiger charge is -2.15. The van der Waals surface area contributed by atoms with Crippen LogP contribution in [0.25, 0.3) is 0 Å². The van der Waals surface area contributed by atoms with E-state index >= 15 is 0 Å². The van der Waals surface area contributed by atoms with Crippen molar-refractivity contribution in [2.75, 3.05) is 10.2 Å². The van der Waals surface area contributed by atoms with Gasteiger partial charge in [0.1, 0.15) is 0 Å². The van der Waals surface area contributed by atoms with E-state index in [1.165, 1.54) is 6.07 Å². The highest BCUT2D eigenvalue weighted by atomic mass is 16.2. The molecule has 0 spiro atoms. The maximum atomic E-state index is 12.7. The molecule has 142 valence electrons. The summed E-state index contributed by atoms with van der Waals surface area (Å²) in [5.41, 5.74) is 1.47. The van der Waals surface area contributed by atoms with Crippen LogP contribution in [-0.2, 0) is 9.59 Å². The van der Waals surface area contributed by atoms with Crippen LogP contribution in [0.1, 0.15) is 46.4 Å². The number of hydrogen-bond acceptors (Lipinski definition) is 4. The smallest absolute Gasteiger partial charge is 0.255 e. The first-order chi connectivity index (χ1) is 13.5. The summed E-state index contributed by atoms with van der Waals surface area (Å²) >= 11 is 0. The molecule has 7 nitrogen and oxygen atoms in total. The van der Waals surface area contributed by atoms with Crippen LogP contribution >= 0.6 is 0 Å². The zero-order chi connectivity index (χ0) is 19.7. The fourth-order valence-electron chi connectivity index (χ4n) is 3.13. The second kappa shape index (κ2) is 7.26. The minimum absolute atomic E-state index is 0.179. The largest absolute Gasteiger partial charge is 0.349 e. The Morgan fingerprint density at radius 2 is 1.61 bits per heavy atom. The third kappa shape index (κ3) is 3.64. The average Bonchev–Trinajstić information content (AvgIpc) is 3.44. The standard InChI is InChI=1S/C21H19N3O4/c25-18-10-11-19(26)24(18)15-5-3-4-13(12-15)20(27)23-17-7-2-1-6-16(17)21(28)22-14-8-9-14/h1-7,12,14H,8-11H2,(H,22,28)(H,23,27). The molecule has 2 aromatic carbocycles. The Bertz CT molecular complexity index is 965.